The molecule has 3 N–H and O–H groups in total. The van der Waals surface area contributed by atoms with E-state index in [9.17, 15) is 4.79 Å². The third-order valence-electron chi connectivity index (χ3n) is 3.86. The number of carbonyl (C=O) groups is 1. The number of aliphatic imine (C=N–C) groups is 1. The van der Waals surface area contributed by atoms with E-state index < -0.39 is 0 Å². The number of halogens is 1. The van der Waals surface area contributed by atoms with Crippen molar-refractivity contribution in [3.05, 3.63) is 0 Å². The Hall–Kier alpha value is -0.570. The van der Waals surface area contributed by atoms with E-state index >= 15 is 0 Å². The molecule has 1 fully saturated rings. The largest absolute Gasteiger partial charge is 0.396 e. The first-order valence-electron chi connectivity index (χ1n) is 8.42. The predicted molar refractivity (Wildman–Crippen MR) is 105 cm³/mol. The molecule has 1 aliphatic heterocycles. The fraction of sp³-hybridized carbons (Fsp3) is 0.875. The third-order valence-corrected chi connectivity index (χ3v) is 3.86. The van der Waals surface area contributed by atoms with Crippen LogP contribution in [0.5, 0.6) is 0 Å². The summed E-state index contributed by atoms with van der Waals surface area (Å²) in [6, 6.07) is 0.346. The second-order valence-corrected chi connectivity index (χ2v) is 6.41. The number of aliphatic hydroxyl groups excluding tert-OH is 1. The number of hydrogen-bond acceptors (Lipinski definition) is 3. The summed E-state index contributed by atoms with van der Waals surface area (Å²) in [5, 5.41) is 15.8. The van der Waals surface area contributed by atoms with Crippen LogP contribution in [0.3, 0.4) is 0 Å². The maximum absolute atomic E-state index is 12.0. The molecule has 1 atom stereocenters. The molecule has 1 saturated heterocycles. The van der Waals surface area contributed by atoms with E-state index in [1.165, 1.54) is 0 Å². The highest BCUT2D eigenvalue weighted by molar-refractivity contribution is 14.0. The van der Waals surface area contributed by atoms with Crippen LogP contribution in [0.25, 0.3) is 0 Å². The van der Waals surface area contributed by atoms with Gasteiger partial charge >= 0.3 is 0 Å². The van der Waals surface area contributed by atoms with Gasteiger partial charge in [0.05, 0.1) is 0 Å². The number of nitrogens with one attached hydrogen (secondary N) is 2. The maximum Gasteiger partial charge on any atom is 0.225 e. The van der Waals surface area contributed by atoms with Gasteiger partial charge in [-0.2, -0.15) is 0 Å². The van der Waals surface area contributed by atoms with E-state index in [1.807, 2.05) is 32.6 Å². The van der Waals surface area contributed by atoms with Crippen LogP contribution in [0.2, 0.25) is 0 Å². The average molecular weight is 440 g/mol. The first-order valence-corrected chi connectivity index (χ1v) is 8.42. The third kappa shape index (κ3) is 8.19. The summed E-state index contributed by atoms with van der Waals surface area (Å²) in [5.74, 6) is 1.29. The van der Waals surface area contributed by atoms with Crippen LogP contribution in [-0.4, -0.2) is 60.7 Å². The van der Waals surface area contributed by atoms with Crippen LogP contribution >= 0.6 is 24.0 Å². The van der Waals surface area contributed by atoms with Crippen LogP contribution < -0.4 is 10.6 Å². The Balaban J connectivity index is 0.00000484. The summed E-state index contributed by atoms with van der Waals surface area (Å²) in [6.45, 7) is 11.1. The molecule has 0 bridgehead atoms. The number of nitrogens with zero attached hydrogens (tertiary/aromatic N) is 2. The quantitative estimate of drug-likeness (QED) is 0.332. The second kappa shape index (κ2) is 11.9. The minimum atomic E-state index is 0. The number of amides is 1. The molecule has 0 aromatic heterocycles. The van der Waals surface area contributed by atoms with Crippen molar-refractivity contribution in [1.29, 1.82) is 0 Å². The van der Waals surface area contributed by atoms with Gasteiger partial charge in [0.1, 0.15) is 0 Å². The second-order valence-electron chi connectivity index (χ2n) is 6.41. The Morgan fingerprint density at radius 3 is 2.39 bits per heavy atom. The summed E-state index contributed by atoms with van der Waals surface area (Å²) in [6.07, 6.45) is 1.89. The minimum absolute atomic E-state index is 0. The van der Waals surface area contributed by atoms with Crippen LogP contribution in [-0.2, 0) is 4.79 Å². The van der Waals surface area contributed by atoms with Crippen molar-refractivity contribution in [2.24, 2.45) is 16.8 Å². The van der Waals surface area contributed by atoms with Crippen molar-refractivity contribution in [2.75, 3.05) is 32.8 Å². The fourth-order valence-corrected chi connectivity index (χ4v) is 2.43. The topological polar surface area (TPSA) is 77.0 Å². The lowest BCUT2D eigenvalue weighted by atomic mass is 10.0. The van der Waals surface area contributed by atoms with Crippen molar-refractivity contribution in [3.63, 3.8) is 0 Å². The lowest BCUT2D eigenvalue weighted by Gasteiger charge is -2.34. The van der Waals surface area contributed by atoms with E-state index in [4.69, 9.17) is 5.11 Å². The molecule has 0 aromatic rings. The first-order chi connectivity index (χ1) is 10.5. The molecule has 0 aliphatic carbocycles. The number of likely N-dealkylation sites (tertiary alicyclic amines) is 1. The highest BCUT2D eigenvalue weighted by atomic mass is 127. The number of piperidine rings is 1. The van der Waals surface area contributed by atoms with Gasteiger partial charge in [-0.15, -0.1) is 24.0 Å². The van der Waals surface area contributed by atoms with Gasteiger partial charge in [-0.25, -0.2) is 0 Å². The fourth-order valence-electron chi connectivity index (χ4n) is 2.43. The lowest BCUT2D eigenvalue weighted by molar-refractivity contribution is -0.135. The maximum atomic E-state index is 12.0. The molecule has 0 spiro atoms. The van der Waals surface area contributed by atoms with Gasteiger partial charge in [0.2, 0.25) is 5.91 Å². The Bertz CT molecular complexity index is 369. The summed E-state index contributed by atoms with van der Waals surface area (Å²) in [7, 11) is 0. The predicted octanol–water partition coefficient (Wildman–Crippen LogP) is 1.43. The lowest BCUT2D eigenvalue weighted by Crippen LogP contribution is -2.50. The highest BCUT2D eigenvalue weighted by Gasteiger charge is 2.24. The van der Waals surface area contributed by atoms with Gasteiger partial charge in [0.15, 0.2) is 5.96 Å². The molecule has 0 saturated carbocycles. The summed E-state index contributed by atoms with van der Waals surface area (Å²) >= 11 is 0. The summed E-state index contributed by atoms with van der Waals surface area (Å²) < 4.78 is 0. The van der Waals surface area contributed by atoms with Gasteiger partial charge in [-0.3, -0.25) is 9.79 Å². The zero-order valence-electron chi connectivity index (χ0n) is 14.8. The van der Waals surface area contributed by atoms with E-state index in [-0.39, 0.29) is 48.3 Å². The number of rotatable bonds is 6. The molecule has 0 radical (unpaired) electrons. The van der Waals surface area contributed by atoms with E-state index in [0.29, 0.717) is 12.6 Å². The van der Waals surface area contributed by atoms with Crippen molar-refractivity contribution in [1.82, 2.24) is 15.5 Å². The summed E-state index contributed by atoms with van der Waals surface area (Å²) in [4.78, 5) is 18.5. The smallest absolute Gasteiger partial charge is 0.225 e. The number of hydrogen-bond donors (Lipinski definition) is 3. The van der Waals surface area contributed by atoms with Crippen LogP contribution in [0, 0.1) is 11.8 Å². The molecular formula is C16H33IN4O2. The molecule has 1 heterocycles. The van der Waals surface area contributed by atoms with E-state index in [0.717, 1.165) is 38.4 Å². The van der Waals surface area contributed by atoms with Gasteiger partial charge in [0, 0.05) is 44.7 Å². The van der Waals surface area contributed by atoms with Gasteiger partial charge < -0.3 is 20.6 Å². The standard InChI is InChI=1S/C16H32N4O2.HI/c1-5-17-16(18-10-13(4)11-21)19-14-6-8-20(9-7-14)15(22)12(2)3;/h12-14,21H,5-11H2,1-4H3,(H2,17,18,19);1H. The van der Waals surface area contributed by atoms with Crippen molar-refractivity contribution in [3.8, 4) is 0 Å². The number of aliphatic hydroxyl groups is 1. The highest BCUT2D eigenvalue weighted by Crippen LogP contribution is 2.13. The number of guanidine groups is 1. The minimum Gasteiger partial charge on any atom is -0.396 e. The van der Waals surface area contributed by atoms with Crippen LogP contribution in [0.15, 0.2) is 4.99 Å². The normalized spacial score (nSPS) is 17.7. The molecule has 6 nitrogen and oxygen atoms in total. The van der Waals surface area contributed by atoms with Crippen molar-refractivity contribution >= 4 is 35.8 Å². The van der Waals surface area contributed by atoms with Crippen molar-refractivity contribution < 1.29 is 9.90 Å². The molecule has 136 valence electrons. The molecule has 1 amide bonds. The SMILES string of the molecule is CCNC(=NCC(C)CO)NC1CCN(C(=O)C(C)C)CC1.I. The summed E-state index contributed by atoms with van der Waals surface area (Å²) in [5.41, 5.74) is 0. The average Bonchev–Trinajstić information content (AvgIpc) is 2.52. The Morgan fingerprint density at radius 2 is 1.91 bits per heavy atom. The van der Waals surface area contributed by atoms with Gasteiger partial charge in [-0.1, -0.05) is 20.8 Å². The van der Waals surface area contributed by atoms with Gasteiger partial charge in [-0.05, 0) is 25.7 Å². The Labute approximate surface area is 157 Å². The van der Waals surface area contributed by atoms with Gasteiger partial charge in [0.25, 0.3) is 0 Å². The zero-order valence-corrected chi connectivity index (χ0v) is 17.2. The Morgan fingerprint density at radius 1 is 1.30 bits per heavy atom. The molecule has 1 aliphatic rings. The monoisotopic (exact) mass is 440 g/mol. The molecule has 0 aromatic carbocycles. The molecule has 1 rings (SSSR count). The molecular weight excluding hydrogens is 407 g/mol. The number of carbonyl (C=O) groups excluding carboxylic acids is 1. The van der Waals surface area contributed by atoms with Crippen molar-refractivity contribution in [2.45, 2.75) is 46.6 Å². The Kier molecular flexibility index (Phi) is 11.6. The molecule has 1 unspecified atom stereocenters. The first kappa shape index (κ1) is 22.4. The van der Waals surface area contributed by atoms with E-state index in [1.54, 1.807) is 0 Å². The molecule has 23 heavy (non-hydrogen) atoms. The van der Waals surface area contributed by atoms with Crippen LogP contribution in [0.4, 0.5) is 0 Å². The van der Waals surface area contributed by atoms with Crippen LogP contribution in [0.1, 0.15) is 40.5 Å². The van der Waals surface area contributed by atoms with E-state index in [2.05, 4.69) is 15.6 Å². The molecule has 7 heteroatoms. The zero-order chi connectivity index (χ0) is 16.5.